The topological polar surface area (TPSA) is 52.6 Å². The Morgan fingerprint density at radius 2 is 2.14 bits per heavy atom. The smallest absolute Gasteiger partial charge is 0.401 e. The van der Waals surface area contributed by atoms with E-state index in [9.17, 15) is 27.5 Å². The lowest BCUT2D eigenvalue weighted by Gasteiger charge is -2.18. The Morgan fingerprint density at radius 3 is 2.76 bits per heavy atom. The SMILES string of the molecule is O=C(NC1CCN(CC(F)(F)F)C1)c1c(O)cccc1F. The average molecular weight is 306 g/mol. The molecule has 21 heavy (non-hydrogen) atoms. The number of phenols is 1. The van der Waals surface area contributed by atoms with Crippen LogP contribution in [0.2, 0.25) is 0 Å². The minimum Gasteiger partial charge on any atom is -0.507 e. The van der Waals surface area contributed by atoms with Gasteiger partial charge in [0.1, 0.15) is 17.1 Å². The van der Waals surface area contributed by atoms with Crippen LogP contribution in [0.25, 0.3) is 0 Å². The summed E-state index contributed by atoms with van der Waals surface area (Å²) in [4.78, 5) is 13.1. The van der Waals surface area contributed by atoms with Crippen LogP contribution in [0.4, 0.5) is 17.6 Å². The minimum absolute atomic E-state index is 0.0421. The molecule has 1 aromatic rings. The Morgan fingerprint density at radius 1 is 1.43 bits per heavy atom. The van der Waals surface area contributed by atoms with Gasteiger partial charge < -0.3 is 10.4 Å². The number of phenolic OH excluding ortho intramolecular Hbond substituents is 1. The number of aromatic hydroxyl groups is 1. The summed E-state index contributed by atoms with van der Waals surface area (Å²) >= 11 is 0. The average Bonchev–Trinajstić information content (AvgIpc) is 2.73. The van der Waals surface area contributed by atoms with Crippen molar-refractivity contribution in [3.63, 3.8) is 0 Å². The molecule has 116 valence electrons. The van der Waals surface area contributed by atoms with Gasteiger partial charge in [0.15, 0.2) is 0 Å². The standard InChI is InChI=1S/C13H14F4N2O2/c14-9-2-1-3-10(20)11(9)12(21)18-8-4-5-19(6-8)7-13(15,16)17/h1-3,8,20H,4-7H2,(H,18,21). The number of likely N-dealkylation sites (tertiary alicyclic amines) is 1. The van der Waals surface area contributed by atoms with E-state index >= 15 is 0 Å². The zero-order valence-electron chi connectivity index (χ0n) is 11.0. The van der Waals surface area contributed by atoms with E-state index in [1.807, 2.05) is 0 Å². The van der Waals surface area contributed by atoms with Crippen molar-refractivity contribution in [2.24, 2.45) is 0 Å². The lowest BCUT2D eigenvalue weighted by molar-refractivity contribution is -0.143. The summed E-state index contributed by atoms with van der Waals surface area (Å²) in [6.07, 6.45) is -3.94. The molecule has 4 nitrogen and oxygen atoms in total. The first-order valence-electron chi connectivity index (χ1n) is 6.34. The lowest BCUT2D eigenvalue weighted by atomic mass is 10.1. The molecular formula is C13H14F4N2O2. The molecule has 1 unspecified atom stereocenters. The van der Waals surface area contributed by atoms with Crippen LogP contribution in [0.5, 0.6) is 5.75 Å². The molecule has 0 radical (unpaired) electrons. The van der Waals surface area contributed by atoms with Gasteiger partial charge in [-0.2, -0.15) is 13.2 Å². The third-order valence-electron chi connectivity index (χ3n) is 3.23. The summed E-state index contributed by atoms with van der Waals surface area (Å²) in [5.41, 5.74) is -0.494. The van der Waals surface area contributed by atoms with E-state index in [-0.39, 0.29) is 13.1 Å². The molecular weight excluding hydrogens is 292 g/mol. The van der Waals surface area contributed by atoms with Crippen LogP contribution in [0, 0.1) is 5.82 Å². The highest BCUT2D eigenvalue weighted by atomic mass is 19.4. The Balaban J connectivity index is 1.96. The van der Waals surface area contributed by atoms with Crippen molar-refractivity contribution >= 4 is 5.91 Å². The molecule has 1 heterocycles. The molecule has 0 aliphatic carbocycles. The second-order valence-electron chi connectivity index (χ2n) is 4.94. The number of halogens is 4. The van der Waals surface area contributed by atoms with Gasteiger partial charge in [0.25, 0.3) is 5.91 Å². The molecule has 1 saturated heterocycles. The van der Waals surface area contributed by atoms with Crippen molar-refractivity contribution in [1.82, 2.24) is 10.2 Å². The van der Waals surface area contributed by atoms with E-state index in [1.54, 1.807) is 0 Å². The highest BCUT2D eigenvalue weighted by Gasteiger charge is 2.35. The van der Waals surface area contributed by atoms with Crippen LogP contribution in [0.3, 0.4) is 0 Å². The van der Waals surface area contributed by atoms with E-state index in [0.29, 0.717) is 6.42 Å². The second kappa shape index (κ2) is 5.88. The van der Waals surface area contributed by atoms with Crippen molar-refractivity contribution in [3.05, 3.63) is 29.6 Å². The maximum Gasteiger partial charge on any atom is 0.401 e. The van der Waals surface area contributed by atoms with E-state index in [1.165, 1.54) is 17.0 Å². The normalized spacial score (nSPS) is 19.7. The van der Waals surface area contributed by atoms with Gasteiger partial charge in [-0.05, 0) is 18.6 Å². The van der Waals surface area contributed by atoms with E-state index in [2.05, 4.69) is 5.32 Å². The van der Waals surface area contributed by atoms with Crippen LogP contribution in [-0.2, 0) is 0 Å². The number of hydrogen-bond donors (Lipinski definition) is 2. The molecule has 1 aliphatic rings. The maximum absolute atomic E-state index is 13.5. The molecule has 0 saturated carbocycles. The van der Waals surface area contributed by atoms with Crippen LogP contribution in [-0.4, -0.2) is 47.8 Å². The number of alkyl halides is 3. The molecule has 1 fully saturated rings. The number of carbonyl (C=O) groups excluding carboxylic acids is 1. The van der Waals surface area contributed by atoms with Crippen molar-refractivity contribution in [2.75, 3.05) is 19.6 Å². The summed E-state index contributed by atoms with van der Waals surface area (Å²) in [5, 5.41) is 11.9. The number of benzene rings is 1. The van der Waals surface area contributed by atoms with E-state index in [0.717, 1.165) is 6.07 Å². The van der Waals surface area contributed by atoms with Gasteiger partial charge in [0.2, 0.25) is 0 Å². The van der Waals surface area contributed by atoms with Gasteiger partial charge in [-0.25, -0.2) is 4.39 Å². The first kappa shape index (κ1) is 15.6. The van der Waals surface area contributed by atoms with Crippen LogP contribution >= 0.6 is 0 Å². The highest BCUT2D eigenvalue weighted by molar-refractivity contribution is 5.97. The maximum atomic E-state index is 13.5. The van der Waals surface area contributed by atoms with Gasteiger partial charge in [0.05, 0.1) is 6.54 Å². The summed E-state index contributed by atoms with van der Waals surface area (Å²) in [7, 11) is 0. The molecule has 0 bridgehead atoms. The second-order valence-corrected chi connectivity index (χ2v) is 4.94. The number of nitrogens with zero attached hydrogens (tertiary/aromatic N) is 1. The van der Waals surface area contributed by atoms with Gasteiger partial charge in [-0.15, -0.1) is 0 Å². The number of rotatable bonds is 3. The highest BCUT2D eigenvalue weighted by Crippen LogP contribution is 2.22. The quantitative estimate of drug-likeness (QED) is 0.839. The Bertz CT molecular complexity index is 513. The summed E-state index contributed by atoms with van der Waals surface area (Å²) in [5.74, 6) is -2.21. The Kier molecular flexibility index (Phi) is 4.36. The molecule has 2 N–H and O–H groups in total. The largest absolute Gasteiger partial charge is 0.507 e. The van der Waals surface area contributed by atoms with Crippen molar-refractivity contribution in [2.45, 2.75) is 18.6 Å². The monoisotopic (exact) mass is 306 g/mol. The van der Waals surface area contributed by atoms with Crippen LogP contribution < -0.4 is 5.32 Å². The van der Waals surface area contributed by atoms with Crippen molar-refractivity contribution in [1.29, 1.82) is 0 Å². The molecule has 1 aromatic carbocycles. The number of hydrogen-bond acceptors (Lipinski definition) is 3. The third-order valence-corrected chi connectivity index (χ3v) is 3.23. The Labute approximate surface area is 118 Å². The molecule has 1 atom stereocenters. The Hall–Kier alpha value is -1.83. The summed E-state index contributed by atoms with van der Waals surface area (Å²) < 4.78 is 50.3. The van der Waals surface area contributed by atoms with Crippen LogP contribution in [0.15, 0.2) is 18.2 Å². The first-order chi connectivity index (χ1) is 9.76. The molecule has 1 aliphatic heterocycles. The zero-order valence-corrected chi connectivity index (χ0v) is 11.0. The lowest BCUT2D eigenvalue weighted by Crippen LogP contribution is -2.39. The van der Waals surface area contributed by atoms with Gasteiger partial charge in [-0.1, -0.05) is 6.07 Å². The fourth-order valence-electron chi connectivity index (χ4n) is 2.34. The van der Waals surface area contributed by atoms with E-state index < -0.39 is 41.8 Å². The fourth-order valence-corrected chi connectivity index (χ4v) is 2.34. The fraction of sp³-hybridized carbons (Fsp3) is 0.462. The number of amides is 1. The molecule has 0 aromatic heterocycles. The summed E-state index contributed by atoms with van der Waals surface area (Å²) in [6, 6.07) is 2.95. The van der Waals surface area contributed by atoms with E-state index in [4.69, 9.17) is 0 Å². The minimum atomic E-state index is -4.29. The molecule has 0 spiro atoms. The number of nitrogens with one attached hydrogen (secondary N) is 1. The predicted octanol–water partition coefficient (Wildman–Crippen LogP) is 1.90. The third kappa shape index (κ3) is 4.07. The van der Waals surface area contributed by atoms with Gasteiger partial charge >= 0.3 is 6.18 Å². The van der Waals surface area contributed by atoms with Gasteiger partial charge in [0, 0.05) is 19.1 Å². The summed E-state index contributed by atoms with van der Waals surface area (Å²) in [6.45, 7) is -0.793. The number of carbonyl (C=O) groups is 1. The molecule has 1 amide bonds. The predicted molar refractivity (Wildman–Crippen MR) is 66.4 cm³/mol. The zero-order chi connectivity index (χ0) is 15.6. The van der Waals surface area contributed by atoms with Crippen molar-refractivity contribution < 1.29 is 27.5 Å². The van der Waals surface area contributed by atoms with Crippen molar-refractivity contribution in [3.8, 4) is 5.75 Å². The molecule has 2 rings (SSSR count). The van der Waals surface area contributed by atoms with Crippen LogP contribution in [0.1, 0.15) is 16.8 Å². The molecule has 8 heteroatoms. The first-order valence-corrected chi connectivity index (χ1v) is 6.34. The van der Waals surface area contributed by atoms with Gasteiger partial charge in [-0.3, -0.25) is 9.69 Å².